The molecule has 0 amide bonds. The molecule has 0 atom stereocenters. The van der Waals surface area contributed by atoms with E-state index >= 15 is 0 Å². The van der Waals surface area contributed by atoms with Gasteiger partial charge in [-0.15, -0.1) is 0 Å². The first kappa shape index (κ1) is 14.0. The Morgan fingerprint density at radius 3 is 2.79 bits per heavy atom. The SMILES string of the molecule is COCCc1nc2cc(CN)ccc2n1CC(C)C. The minimum absolute atomic E-state index is 0.556. The third-order valence-corrected chi connectivity index (χ3v) is 3.20. The van der Waals surface area contributed by atoms with E-state index in [2.05, 4.69) is 36.6 Å². The first-order valence-electron chi connectivity index (χ1n) is 6.82. The fourth-order valence-electron chi connectivity index (χ4n) is 2.31. The first-order chi connectivity index (χ1) is 9.15. The van der Waals surface area contributed by atoms with Crippen molar-refractivity contribution >= 4 is 11.0 Å². The predicted molar refractivity (Wildman–Crippen MR) is 78.0 cm³/mol. The number of benzene rings is 1. The van der Waals surface area contributed by atoms with E-state index in [1.807, 2.05) is 0 Å². The van der Waals surface area contributed by atoms with Gasteiger partial charge in [-0.25, -0.2) is 4.98 Å². The number of imidazole rings is 1. The van der Waals surface area contributed by atoms with E-state index in [-0.39, 0.29) is 0 Å². The highest BCUT2D eigenvalue weighted by Crippen LogP contribution is 2.20. The monoisotopic (exact) mass is 261 g/mol. The van der Waals surface area contributed by atoms with Crippen LogP contribution in [0.1, 0.15) is 25.2 Å². The summed E-state index contributed by atoms with van der Waals surface area (Å²) >= 11 is 0. The van der Waals surface area contributed by atoms with Crippen LogP contribution >= 0.6 is 0 Å². The van der Waals surface area contributed by atoms with Gasteiger partial charge in [0.1, 0.15) is 5.82 Å². The number of aromatic nitrogens is 2. The Labute approximate surface area is 114 Å². The van der Waals surface area contributed by atoms with Crippen LogP contribution in [-0.2, 0) is 24.2 Å². The van der Waals surface area contributed by atoms with Gasteiger partial charge in [-0.3, -0.25) is 0 Å². The van der Waals surface area contributed by atoms with E-state index < -0.39 is 0 Å². The van der Waals surface area contributed by atoms with Gasteiger partial charge in [0.2, 0.25) is 0 Å². The summed E-state index contributed by atoms with van der Waals surface area (Å²) in [6.45, 7) is 6.68. The number of methoxy groups -OCH3 is 1. The van der Waals surface area contributed by atoms with Crippen LogP contribution < -0.4 is 5.73 Å². The topological polar surface area (TPSA) is 53.1 Å². The maximum atomic E-state index is 5.69. The van der Waals surface area contributed by atoms with Crippen LogP contribution in [0.2, 0.25) is 0 Å². The number of hydrogen-bond acceptors (Lipinski definition) is 3. The molecule has 0 aliphatic heterocycles. The molecule has 19 heavy (non-hydrogen) atoms. The normalized spacial score (nSPS) is 11.6. The lowest BCUT2D eigenvalue weighted by Gasteiger charge is -2.11. The highest BCUT2D eigenvalue weighted by Gasteiger charge is 2.12. The molecule has 1 aromatic carbocycles. The molecule has 4 nitrogen and oxygen atoms in total. The molecule has 0 aliphatic rings. The van der Waals surface area contributed by atoms with Gasteiger partial charge in [-0.05, 0) is 23.6 Å². The zero-order chi connectivity index (χ0) is 13.8. The second-order valence-electron chi connectivity index (χ2n) is 5.30. The van der Waals surface area contributed by atoms with Gasteiger partial charge in [0.05, 0.1) is 17.6 Å². The van der Waals surface area contributed by atoms with E-state index in [0.29, 0.717) is 19.1 Å². The highest BCUT2D eigenvalue weighted by molar-refractivity contribution is 5.77. The van der Waals surface area contributed by atoms with E-state index in [0.717, 1.165) is 29.9 Å². The molecule has 0 fully saturated rings. The summed E-state index contributed by atoms with van der Waals surface area (Å²) in [5.41, 5.74) is 9.05. The van der Waals surface area contributed by atoms with Crippen molar-refractivity contribution in [3.05, 3.63) is 29.6 Å². The average molecular weight is 261 g/mol. The summed E-state index contributed by atoms with van der Waals surface area (Å²) in [4.78, 5) is 4.74. The van der Waals surface area contributed by atoms with Gasteiger partial charge in [-0.1, -0.05) is 19.9 Å². The summed E-state index contributed by atoms with van der Waals surface area (Å²) in [6, 6.07) is 6.30. The molecule has 1 heterocycles. The summed E-state index contributed by atoms with van der Waals surface area (Å²) in [7, 11) is 1.72. The quantitative estimate of drug-likeness (QED) is 0.868. The number of ether oxygens (including phenoxy) is 1. The smallest absolute Gasteiger partial charge is 0.112 e. The fraction of sp³-hybridized carbons (Fsp3) is 0.533. The molecule has 0 saturated carbocycles. The Balaban J connectivity index is 2.45. The number of rotatable bonds is 6. The van der Waals surface area contributed by atoms with Crippen LogP contribution in [-0.4, -0.2) is 23.3 Å². The van der Waals surface area contributed by atoms with Gasteiger partial charge >= 0.3 is 0 Å². The summed E-state index contributed by atoms with van der Waals surface area (Å²) in [5.74, 6) is 1.69. The lowest BCUT2D eigenvalue weighted by atomic mass is 10.2. The van der Waals surface area contributed by atoms with Gasteiger partial charge in [-0.2, -0.15) is 0 Å². The van der Waals surface area contributed by atoms with Crippen molar-refractivity contribution in [1.82, 2.24) is 9.55 Å². The van der Waals surface area contributed by atoms with Crippen LogP contribution in [0.5, 0.6) is 0 Å². The maximum absolute atomic E-state index is 5.69. The summed E-state index contributed by atoms with van der Waals surface area (Å²) < 4.78 is 7.48. The Kier molecular flexibility index (Phi) is 4.56. The lowest BCUT2D eigenvalue weighted by molar-refractivity contribution is 0.199. The van der Waals surface area contributed by atoms with Crippen molar-refractivity contribution in [2.24, 2.45) is 11.7 Å². The molecule has 4 heteroatoms. The average Bonchev–Trinajstić information content (AvgIpc) is 2.73. The van der Waals surface area contributed by atoms with Crippen molar-refractivity contribution in [3.63, 3.8) is 0 Å². The molecular weight excluding hydrogens is 238 g/mol. The summed E-state index contributed by atoms with van der Waals surface area (Å²) in [5, 5.41) is 0. The molecular formula is C15H23N3O. The second-order valence-corrected chi connectivity index (χ2v) is 5.30. The minimum atomic E-state index is 0.556. The predicted octanol–water partition coefficient (Wildman–Crippen LogP) is 2.34. The molecule has 0 spiro atoms. The first-order valence-corrected chi connectivity index (χ1v) is 6.82. The molecule has 104 valence electrons. The lowest BCUT2D eigenvalue weighted by Crippen LogP contribution is -2.10. The Bertz CT molecular complexity index is 546. The fourth-order valence-corrected chi connectivity index (χ4v) is 2.31. The molecule has 2 N–H and O–H groups in total. The molecule has 0 aliphatic carbocycles. The molecule has 2 aromatic rings. The minimum Gasteiger partial charge on any atom is -0.384 e. The number of nitrogens with two attached hydrogens (primary N) is 1. The van der Waals surface area contributed by atoms with Gasteiger partial charge in [0.25, 0.3) is 0 Å². The van der Waals surface area contributed by atoms with Crippen LogP contribution in [0.25, 0.3) is 11.0 Å². The second kappa shape index (κ2) is 6.17. The standard InChI is InChI=1S/C15H23N3O/c1-11(2)10-18-14-5-4-12(9-16)8-13(14)17-15(18)6-7-19-3/h4-5,8,11H,6-7,9-10,16H2,1-3H3. The molecule has 1 aromatic heterocycles. The zero-order valence-corrected chi connectivity index (χ0v) is 12.0. The van der Waals surface area contributed by atoms with Crippen LogP contribution in [0.15, 0.2) is 18.2 Å². The Hall–Kier alpha value is -1.39. The van der Waals surface area contributed by atoms with Crippen molar-refractivity contribution in [1.29, 1.82) is 0 Å². The number of fused-ring (bicyclic) bond motifs is 1. The maximum Gasteiger partial charge on any atom is 0.112 e. The molecule has 0 saturated heterocycles. The van der Waals surface area contributed by atoms with Crippen molar-refractivity contribution in [2.75, 3.05) is 13.7 Å². The van der Waals surface area contributed by atoms with E-state index in [1.165, 1.54) is 5.52 Å². The largest absolute Gasteiger partial charge is 0.384 e. The zero-order valence-electron chi connectivity index (χ0n) is 12.0. The van der Waals surface area contributed by atoms with Crippen LogP contribution in [0.3, 0.4) is 0 Å². The van der Waals surface area contributed by atoms with Gasteiger partial charge in [0.15, 0.2) is 0 Å². The summed E-state index contributed by atoms with van der Waals surface area (Å²) in [6.07, 6.45) is 0.843. The third-order valence-electron chi connectivity index (χ3n) is 3.20. The van der Waals surface area contributed by atoms with Crippen molar-refractivity contribution in [2.45, 2.75) is 33.4 Å². The highest BCUT2D eigenvalue weighted by atomic mass is 16.5. The van der Waals surface area contributed by atoms with Crippen LogP contribution in [0.4, 0.5) is 0 Å². The van der Waals surface area contributed by atoms with Crippen LogP contribution in [0, 0.1) is 5.92 Å². The van der Waals surface area contributed by atoms with Crippen molar-refractivity contribution < 1.29 is 4.74 Å². The van der Waals surface area contributed by atoms with Crippen molar-refractivity contribution in [3.8, 4) is 0 Å². The third kappa shape index (κ3) is 3.14. The molecule has 0 bridgehead atoms. The van der Waals surface area contributed by atoms with E-state index in [9.17, 15) is 0 Å². The Morgan fingerprint density at radius 2 is 2.16 bits per heavy atom. The van der Waals surface area contributed by atoms with Gasteiger partial charge in [0, 0.05) is 26.6 Å². The van der Waals surface area contributed by atoms with E-state index in [1.54, 1.807) is 7.11 Å². The molecule has 2 rings (SSSR count). The number of nitrogens with zero attached hydrogens (tertiary/aromatic N) is 2. The van der Waals surface area contributed by atoms with E-state index in [4.69, 9.17) is 15.5 Å². The molecule has 0 unspecified atom stereocenters. The molecule has 0 radical (unpaired) electrons. The van der Waals surface area contributed by atoms with Gasteiger partial charge < -0.3 is 15.0 Å². The Morgan fingerprint density at radius 1 is 1.37 bits per heavy atom. The number of hydrogen-bond donors (Lipinski definition) is 1.